The van der Waals surface area contributed by atoms with Gasteiger partial charge in [0, 0.05) is 23.8 Å². The highest BCUT2D eigenvalue weighted by atomic mass is 16.5. The quantitative estimate of drug-likeness (QED) is 0.300. The molecule has 204 valence electrons. The average molecular weight is 528 g/mol. The number of nitrogens with two attached hydrogens (primary N) is 1. The first kappa shape index (κ1) is 26.7. The van der Waals surface area contributed by atoms with Crippen LogP contribution in [-0.4, -0.2) is 32.8 Å². The van der Waals surface area contributed by atoms with E-state index in [2.05, 4.69) is 36.2 Å². The highest BCUT2D eigenvalue weighted by Crippen LogP contribution is 2.34. The Labute approximate surface area is 229 Å². The number of hydrogen-bond acceptors (Lipinski definition) is 6. The second-order valence-electron chi connectivity index (χ2n) is 11.4. The molecule has 2 aromatic carbocycles. The van der Waals surface area contributed by atoms with Crippen LogP contribution >= 0.6 is 0 Å². The van der Waals surface area contributed by atoms with Crippen molar-refractivity contribution in [1.29, 1.82) is 0 Å². The summed E-state index contributed by atoms with van der Waals surface area (Å²) >= 11 is 0. The van der Waals surface area contributed by atoms with Crippen LogP contribution in [0.3, 0.4) is 0 Å². The molecule has 0 aliphatic heterocycles. The van der Waals surface area contributed by atoms with Crippen LogP contribution in [0, 0.1) is 6.92 Å². The molecule has 1 saturated carbocycles. The number of anilines is 1. The Bertz CT molecular complexity index is 1460. The minimum atomic E-state index is -0.144. The number of aromatic nitrogens is 3. The van der Waals surface area contributed by atoms with Gasteiger partial charge >= 0.3 is 0 Å². The van der Waals surface area contributed by atoms with Crippen LogP contribution < -0.4 is 20.5 Å². The first-order valence-electron chi connectivity index (χ1n) is 13.6. The minimum absolute atomic E-state index is 0.0934. The van der Waals surface area contributed by atoms with Crippen molar-refractivity contribution >= 4 is 22.5 Å². The second kappa shape index (κ2) is 11.1. The van der Waals surface area contributed by atoms with Gasteiger partial charge < -0.3 is 20.5 Å². The third kappa shape index (κ3) is 6.57. The summed E-state index contributed by atoms with van der Waals surface area (Å²) in [7, 11) is 0. The topological polar surface area (TPSA) is 104 Å². The van der Waals surface area contributed by atoms with Crippen molar-refractivity contribution in [3.05, 3.63) is 72.2 Å². The Morgan fingerprint density at radius 1 is 1.08 bits per heavy atom. The molecule has 0 atom stereocenters. The summed E-state index contributed by atoms with van der Waals surface area (Å²) in [5, 5.41) is 8.17. The summed E-state index contributed by atoms with van der Waals surface area (Å²) in [6.45, 7) is 8.17. The standard InChI is InChI=1S/C31H37N5O3/c1-20-15-21(16-30(37)35-23-18-34-36(19-23)31(2,3)4)5-12-28(20)39-29-13-14-33-27-11-10-25(17-26(27)29)38-24-8-6-22(32)7-9-24/h5,10-15,17-19,22,24H,6-9,16,32H2,1-4H3,(H,35,37)/t22-,24-. The number of pyridine rings is 1. The van der Waals surface area contributed by atoms with Crippen molar-refractivity contribution in [2.45, 2.75) is 77.5 Å². The highest BCUT2D eigenvalue weighted by molar-refractivity contribution is 5.92. The van der Waals surface area contributed by atoms with Crippen LogP contribution in [0.2, 0.25) is 0 Å². The summed E-state index contributed by atoms with van der Waals surface area (Å²) in [5.74, 6) is 2.15. The van der Waals surface area contributed by atoms with E-state index in [1.165, 1.54) is 0 Å². The smallest absolute Gasteiger partial charge is 0.228 e. The number of hydrogen-bond donors (Lipinski definition) is 2. The van der Waals surface area contributed by atoms with Crippen LogP contribution in [-0.2, 0) is 16.8 Å². The van der Waals surface area contributed by atoms with Gasteiger partial charge in [0.15, 0.2) is 0 Å². The molecule has 1 fully saturated rings. The number of fused-ring (bicyclic) bond motifs is 1. The highest BCUT2D eigenvalue weighted by Gasteiger charge is 2.20. The molecule has 1 aliphatic rings. The van der Waals surface area contributed by atoms with E-state index in [4.69, 9.17) is 15.2 Å². The monoisotopic (exact) mass is 527 g/mol. The van der Waals surface area contributed by atoms with E-state index in [0.717, 1.165) is 59.2 Å². The number of ether oxygens (including phenoxy) is 2. The molecule has 1 aliphatic carbocycles. The molecule has 39 heavy (non-hydrogen) atoms. The first-order chi connectivity index (χ1) is 18.6. The van der Waals surface area contributed by atoms with Crippen LogP contribution in [0.1, 0.15) is 57.6 Å². The van der Waals surface area contributed by atoms with Gasteiger partial charge in [-0.2, -0.15) is 5.10 Å². The molecular weight excluding hydrogens is 490 g/mol. The van der Waals surface area contributed by atoms with Crippen molar-refractivity contribution in [3.8, 4) is 17.2 Å². The zero-order chi connectivity index (χ0) is 27.6. The van der Waals surface area contributed by atoms with Gasteiger partial charge in [0.2, 0.25) is 5.91 Å². The summed E-state index contributed by atoms with van der Waals surface area (Å²) < 4.78 is 14.5. The van der Waals surface area contributed by atoms with Gasteiger partial charge in [-0.1, -0.05) is 12.1 Å². The van der Waals surface area contributed by atoms with E-state index < -0.39 is 0 Å². The Morgan fingerprint density at radius 3 is 2.59 bits per heavy atom. The van der Waals surface area contributed by atoms with E-state index in [-0.39, 0.29) is 30.0 Å². The van der Waals surface area contributed by atoms with Crippen LogP contribution in [0.25, 0.3) is 10.9 Å². The fraction of sp³-hybridized carbons (Fsp3) is 0.387. The number of amides is 1. The van der Waals surface area contributed by atoms with Gasteiger partial charge in [-0.3, -0.25) is 14.5 Å². The van der Waals surface area contributed by atoms with Gasteiger partial charge in [-0.05, 0) is 94.8 Å². The van der Waals surface area contributed by atoms with Crippen molar-refractivity contribution in [2.75, 3.05) is 5.32 Å². The van der Waals surface area contributed by atoms with E-state index >= 15 is 0 Å². The predicted molar refractivity (Wildman–Crippen MR) is 153 cm³/mol. The number of carbonyl (C=O) groups excluding carboxylic acids is 1. The number of nitrogens with one attached hydrogen (secondary N) is 1. The third-order valence-electron chi connectivity index (χ3n) is 7.07. The molecule has 1 amide bonds. The summed E-state index contributed by atoms with van der Waals surface area (Å²) in [6.07, 6.45) is 9.64. The number of nitrogens with zero attached hydrogens (tertiary/aromatic N) is 3. The largest absolute Gasteiger partial charge is 0.490 e. The van der Waals surface area contributed by atoms with Crippen LogP contribution in [0.5, 0.6) is 17.2 Å². The van der Waals surface area contributed by atoms with E-state index in [1.807, 2.05) is 60.3 Å². The second-order valence-corrected chi connectivity index (χ2v) is 11.4. The summed E-state index contributed by atoms with van der Waals surface area (Å²) in [4.78, 5) is 17.2. The van der Waals surface area contributed by atoms with E-state index in [1.54, 1.807) is 12.4 Å². The normalized spacial score (nSPS) is 17.7. The lowest BCUT2D eigenvalue weighted by Gasteiger charge is -2.26. The van der Waals surface area contributed by atoms with E-state index in [9.17, 15) is 4.79 Å². The molecule has 0 spiro atoms. The first-order valence-corrected chi connectivity index (χ1v) is 13.6. The number of rotatable bonds is 7. The molecule has 2 aromatic heterocycles. The van der Waals surface area contributed by atoms with Gasteiger partial charge in [0.25, 0.3) is 0 Å². The molecule has 2 heterocycles. The lowest BCUT2D eigenvalue weighted by Crippen LogP contribution is -2.31. The molecule has 4 aromatic rings. The Morgan fingerprint density at radius 2 is 1.87 bits per heavy atom. The lowest BCUT2D eigenvalue weighted by molar-refractivity contribution is -0.115. The van der Waals surface area contributed by atoms with Gasteiger partial charge in [-0.15, -0.1) is 0 Å². The maximum Gasteiger partial charge on any atom is 0.228 e. The molecule has 8 nitrogen and oxygen atoms in total. The van der Waals surface area contributed by atoms with Gasteiger partial charge in [-0.25, -0.2) is 0 Å². The zero-order valence-electron chi connectivity index (χ0n) is 23.1. The van der Waals surface area contributed by atoms with Crippen LogP contribution in [0.15, 0.2) is 61.1 Å². The van der Waals surface area contributed by atoms with E-state index in [0.29, 0.717) is 11.4 Å². The lowest BCUT2D eigenvalue weighted by atomic mass is 9.94. The molecule has 0 unspecified atom stereocenters. The van der Waals surface area contributed by atoms with Crippen molar-refractivity contribution in [3.63, 3.8) is 0 Å². The Kier molecular flexibility index (Phi) is 7.57. The zero-order valence-corrected chi connectivity index (χ0v) is 23.1. The predicted octanol–water partition coefficient (Wildman–Crippen LogP) is 6.12. The molecule has 5 rings (SSSR count). The molecular formula is C31H37N5O3. The molecule has 0 saturated heterocycles. The van der Waals surface area contributed by atoms with Gasteiger partial charge in [0.05, 0.1) is 35.5 Å². The summed E-state index contributed by atoms with van der Waals surface area (Å²) in [6, 6.07) is 13.9. The van der Waals surface area contributed by atoms with Crippen molar-refractivity contribution < 1.29 is 14.3 Å². The fourth-order valence-electron chi connectivity index (χ4n) is 4.86. The van der Waals surface area contributed by atoms with Crippen LogP contribution in [0.4, 0.5) is 5.69 Å². The number of aryl methyl sites for hydroxylation is 1. The molecule has 8 heteroatoms. The van der Waals surface area contributed by atoms with Crippen molar-refractivity contribution in [1.82, 2.24) is 14.8 Å². The number of benzene rings is 2. The Balaban J connectivity index is 1.26. The maximum absolute atomic E-state index is 12.7. The maximum atomic E-state index is 12.7. The molecule has 0 bridgehead atoms. The molecule has 0 radical (unpaired) electrons. The SMILES string of the molecule is Cc1cc(CC(=O)Nc2cnn(C(C)(C)C)c2)ccc1Oc1ccnc2ccc(O[C@H]3CC[C@H](N)CC3)cc12. The average Bonchev–Trinajstić information content (AvgIpc) is 3.36. The number of carbonyl (C=O) groups is 1. The minimum Gasteiger partial charge on any atom is -0.490 e. The van der Waals surface area contributed by atoms with Gasteiger partial charge in [0.1, 0.15) is 17.2 Å². The van der Waals surface area contributed by atoms with Crippen molar-refractivity contribution in [2.24, 2.45) is 5.73 Å². The summed E-state index contributed by atoms with van der Waals surface area (Å²) in [5.41, 5.74) is 9.27. The Hall–Kier alpha value is -3.91. The molecule has 3 N–H and O–H groups in total. The third-order valence-corrected chi connectivity index (χ3v) is 7.07. The fourth-order valence-corrected chi connectivity index (χ4v) is 4.86.